The second-order valence-electron chi connectivity index (χ2n) is 13.8. The van der Waals surface area contributed by atoms with Gasteiger partial charge in [-0.25, -0.2) is 13.6 Å². The zero-order valence-corrected chi connectivity index (χ0v) is 28.2. The fourth-order valence-corrected chi connectivity index (χ4v) is 7.25. The summed E-state index contributed by atoms with van der Waals surface area (Å²) in [6.45, 7) is 7.31. The molecule has 0 spiro atoms. The molecule has 0 bridgehead atoms. The van der Waals surface area contributed by atoms with Crippen LogP contribution in [0.15, 0.2) is 66.4 Å². The van der Waals surface area contributed by atoms with Crippen molar-refractivity contribution in [1.82, 2.24) is 14.9 Å². The van der Waals surface area contributed by atoms with Crippen molar-refractivity contribution in [3.05, 3.63) is 82.5 Å². The molecule has 4 heterocycles. The number of pyridine rings is 1. The number of methoxy groups -OCH3 is 1. The van der Waals surface area contributed by atoms with E-state index in [2.05, 4.69) is 45.7 Å². The van der Waals surface area contributed by atoms with Crippen LogP contribution in [-0.4, -0.2) is 79.7 Å². The van der Waals surface area contributed by atoms with Crippen LogP contribution >= 0.6 is 11.6 Å². The molecule has 48 heavy (non-hydrogen) atoms. The lowest BCUT2D eigenvalue weighted by Crippen LogP contribution is -2.47. The van der Waals surface area contributed by atoms with E-state index in [0.29, 0.717) is 17.0 Å². The highest BCUT2D eigenvalue weighted by Crippen LogP contribution is 2.44. The lowest BCUT2D eigenvalue weighted by atomic mass is 9.72. The maximum atomic E-state index is 15.2. The summed E-state index contributed by atoms with van der Waals surface area (Å²) in [5.41, 5.74) is 6.69. The molecule has 7 rings (SSSR count). The summed E-state index contributed by atoms with van der Waals surface area (Å²) >= 11 is 6.21. The standard InChI is InChI=1S/C37H40ClF2N5O3/c1-36(2)12-10-26(30(20-36)24-4-6-27(38)7-5-24)21-43-14-16-44(17-15-43)28-8-9-29(35(46)47-3)31(19-28)45-22-37(39,40)23-48-34-32(45)18-25-11-13-41-33(25)42-34/h4-9,11,13,18-19H,10,12,14-17,20-23H2,1-3H3,(H,41,42). The number of aromatic amines is 1. The van der Waals surface area contributed by atoms with Crippen LogP contribution < -0.4 is 14.5 Å². The van der Waals surface area contributed by atoms with E-state index in [1.54, 1.807) is 18.3 Å². The van der Waals surface area contributed by atoms with E-state index in [1.807, 2.05) is 30.3 Å². The summed E-state index contributed by atoms with van der Waals surface area (Å²) in [5, 5.41) is 1.49. The van der Waals surface area contributed by atoms with Crippen LogP contribution in [0, 0.1) is 5.41 Å². The Morgan fingerprint density at radius 3 is 2.56 bits per heavy atom. The Bertz CT molecular complexity index is 1860. The predicted octanol–water partition coefficient (Wildman–Crippen LogP) is 7.95. The Labute approximate surface area is 284 Å². The second-order valence-corrected chi connectivity index (χ2v) is 14.3. The van der Waals surface area contributed by atoms with Gasteiger partial charge in [0.25, 0.3) is 5.92 Å². The zero-order chi connectivity index (χ0) is 33.6. The van der Waals surface area contributed by atoms with Crippen LogP contribution in [0.2, 0.25) is 5.02 Å². The highest BCUT2D eigenvalue weighted by molar-refractivity contribution is 6.30. The fraction of sp³-hybridized carbons (Fsp3) is 0.405. The third-order valence-electron chi connectivity index (χ3n) is 9.79. The molecule has 1 aliphatic carbocycles. The van der Waals surface area contributed by atoms with Crippen molar-refractivity contribution in [3.63, 3.8) is 0 Å². The van der Waals surface area contributed by atoms with Gasteiger partial charge in [0.05, 0.1) is 24.9 Å². The first-order chi connectivity index (χ1) is 23.0. The number of carbonyl (C=O) groups is 1. The molecule has 1 saturated heterocycles. The summed E-state index contributed by atoms with van der Waals surface area (Å²) < 4.78 is 41.0. The summed E-state index contributed by atoms with van der Waals surface area (Å²) in [4.78, 5) is 26.7. The summed E-state index contributed by atoms with van der Waals surface area (Å²) in [6, 6.07) is 17.2. The average molecular weight is 676 g/mol. The van der Waals surface area contributed by atoms with E-state index >= 15 is 8.78 Å². The number of nitrogens with one attached hydrogen (secondary N) is 1. The van der Waals surface area contributed by atoms with Gasteiger partial charge in [0, 0.05) is 55.0 Å². The Balaban J connectivity index is 1.16. The van der Waals surface area contributed by atoms with Crippen LogP contribution in [0.4, 0.5) is 25.8 Å². The van der Waals surface area contributed by atoms with Crippen molar-refractivity contribution in [1.29, 1.82) is 0 Å². The first-order valence-corrected chi connectivity index (χ1v) is 16.8. The Kier molecular flexibility index (Phi) is 8.58. The van der Waals surface area contributed by atoms with Gasteiger partial charge in [-0.3, -0.25) is 4.90 Å². The average Bonchev–Trinajstić information content (AvgIpc) is 3.49. The minimum absolute atomic E-state index is 0.0790. The number of fused-ring (bicyclic) bond motifs is 2. The first-order valence-electron chi connectivity index (χ1n) is 16.4. The predicted molar refractivity (Wildman–Crippen MR) is 186 cm³/mol. The summed E-state index contributed by atoms with van der Waals surface area (Å²) in [7, 11) is 1.29. The Morgan fingerprint density at radius 1 is 1.04 bits per heavy atom. The van der Waals surface area contributed by atoms with Crippen LogP contribution in [0.5, 0.6) is 5.88 Å². The summed E-state index contributed by atoms with van der Waals surface area (Å²) in [6.07, 6.45) is 5.00. The van der Waals surface area contributed by atoms with Crippen molar-refractivity contribution in [2.45, 2.75) is 39.0 Å². The van der Waals surface area contributed by atoms with E-state index < -0.39 is 25.0 Å². The molecular formula is C37H40ClF2N5O3. The molecule has 2 aromatic heterocycles. The molecule has 2 aromatic carbocycles. The maximum absolute atomic E-state index is 15.2. The van der Waals surface area contributed by atoms with Crippen LogP contribution in [0.3, 0.4) is 0 Å². The number of nitrogens with zero attached hydrogens (tertiary/aromatic N) is 4. The highest BCUT2D eigenvalue weighted by atomic mass is 35.5. The normalized spacial score (nSPS) is 19.5. The minimum Gasteiger partial charge on any atom is -0.470 e. The van der Waals surface area contributed by atoms with Gasteiger partial charge in [-0.2, -0.15) is 4.98 Å². The molecule has 0 amide bonds. The number of benzene rings is 2. The number of aromatic nitrogens is 2. The molecule has 252 valence electrons. The first kappa shape index (κ1) is 32.4. The molecule has 8 nitrogen and oxygen atoms in total. The molecular weight excluding hydrogens is 636 g/mol. The molecule has 4 aromatic rings. The number of hydrogen-bond donors (Lipinski definition) is 1. The number of anilines is 3. The van der Waals surface area contributed by atoms with Crippen molar-refractivity contribution in [2.75, 3.05) is 62.8 Å². The highest BCUT2D eigenvalue weighted by Gasteiger charge is 2.40. The number of alkyl halides is 2. The van der Waals surface area contributed by atoms with Crippen LogP contribution in [0.1, 0.15) is 49.0 Å². The third kappa shape index (κ3) is 6.60. The SMILES string of the molecule is COC(=O)c1ccc(N2CCN(CC3=C(c4ccc(Cl)cc4)CC(C)(C)CC3)CC2)cc1N1CC(F)(F)COc2nc3[nH]ccc3cc21. The Morgan fingerprint density at radius 2 is 1.81 bits per heavy atom. The number of hydrogen-bond acceptors (Lipinski definition) is 7. The smallest absolute Gasteiger partial charge is 0.339 e. The molecule has 11 heteroatoms. The van der Waals surface area contributed by atoms with Crippen molar-refractivity contribution in [3.8, 4) is 5.88 Å². The van der Waals surface area contributed by atoms with E-state index in [9.17, 15) is 4.79 Å². The van der Waals surface area contributed by atoms with Gasteiger partial charge < -0.3 is 24.3 Å². The van der Waals surface area contributed by atoms with Gasteiger partial charge in [0.15, 0.2) is 6.61 Å². The Hall–Kier alpha value is -4.15. The van der Waals surface area contributed by atoms with Crippen molar-refractivity contribution >= 4 is 51.2 Å². The summed E-state index contributed by atoms with van der Waals surface area (Å²) in [5.74, 6) is -3.72. The van der Waals surface area contributed by atoms with Gasteiger partial charge in [-0.15, -0.1) is 0 Å². The molecule has 0 unspecified atom stereocenters. The van der Waals surface area contributed by atoms with E-state index in [1.165, 1.54) is 28.7 Å². The topological polar surface area (TPSA) is 73.9 Å². The number of allylic oxidation sites excluding steroid dienone is 1. The molecule has 0 radical (unpaired) electrons. The maximum Gasteiger partial charge on any atom is 0.339 e. The number of esters is 1. The third-order valence-corrected chi connectivity index (χ3v) is 10.0. The number of ether oxygens (including phenoxy) is 2. The molecule has 0 saturated carbocycles. The molecule has 3 aliphatic rings. The van der Waals surface area contributed by atoms with Crippen LogP contribution in [-0.2, 0) is 4.74 Å². The molecule has 1 N–H and O–H groups in total. The van der Waals surface area contributed by atoms with E-state index in [4.69, 9.17) is 21.1 Å². The van der Waals surface area contributed by atoms with Gasteiger partial charge in [-0.1, -0.05) is 43.2 Å². The van der Waals surface area contributed by atoms with Crippen LogP contribution in [0.25, 0.3) is 16.6 Å². The lowest BCUT2D eigenvalue weighted by Gasteiger charge is -2.39. The van der Waals surface area contributed by atoms with Gasteiger partial charge in [0.2, 0.25) is 5.88 Å². The second kappa shape index (κ2) is 12.7. The van der Waals surface area contributed by atoms with Gasteiger partial charge in [-0.05, 0) is 78.3 Å². The van der Waals surface area contributed by atoms with E-state index in [0.717, 1.165) is 68.1 Å². The van der Waals surface area contributed by atoms with E-state index in [-0.39, 0.29) is 16.9 Å². The van der Waals surface area contributed by atoms with Gasteiger partial charge >= 0.3 is 5.97 Å². The van der Waals surface area contributed by atoms with Gasteiger partial charge in [0.1, 0.15) is 11.3 Å². The number of H-pyrrole nitrogens is 1. The minimum atomic E-state index is -3.20. The number of carbonyl (C=O) groups excluding carboxylic acids is 1. The lowest BCUT2D eigenvalue weighted by molar-refractivity contribution is -0.0286. The molecule has 0 atom stereocenters. The number of piperazine rings is 1. The molecule has 2 aliphatic heterocycles. The monoisotopic (exact) mass is 675 g/mol. The largest absolute Gasteiger partial charge is 0.470 e. The number of halogens is 3. The zero-order valence-electron chi connectivity index (χ0n) is 27.5. The fourth-order valence-electron chi connectivity index (χ4n) is 7.12. The molecule has 1 fully saturated rings. The van der Waals surface area contributed by atoms with Crippen molar-refractivity contribution in [2.24, 2.45) is 5.41 Å². The number of rotatable bonds is 6. The van der Waals surface area contributed by atoms with Crippen molar-refractivity contribution < 1.29 is 23.0 Å². The quantitative estimate of drug-likeness (QED) is 0.208.